The van der Waals surface area contributed by atoms with Crippen LogP contribution in [0.25, 0.3) is 16.1 Å². The molecule has 182 valence electrons. The molecule has 0 radical (unpaired) electrons. The number of aliphatic hydroxyl groups excluding tert-OH is 1. The van der Waals surface area contributed by atoms with Gasteiger partial charge in [0.2, 0.25) is 0 Å². The summed E-state index contributed by atoms with van der Waals surface area (Å²) in [5.41, 5.74) is 14.5. The van der Waals surface area contributed by atoms with Gasteiger partial charge in [0.1, 0.15) is 10.8 Å². The van der Waals surface area contributed by atoms with Crippen molar-refractivity contribution in [1.29, 1.82) is 0 Å². The van der Waals surface area contributed by atoms with Gasteiger partial charge >= 0.3 is 11.7 Å². The average Bonchev–Trinajstić information content (AvgIpc) is 3.54. The normalized spacial score (nSPS) is 22.1. The fourth-order valence-corrected chi connectivity index (χ4v) is 6.15. The number of Topliss-reactive ketones (excluding diaryl/α,β-unsaturated/α-hetero) is 1. The van der Waals surface area contributed by atoms with Crippen molar-refractivity contribution in [3.05, 3.63) is 28.7 Å². The van der Waals surface area contributed by atoms with Crippen molar-refractivity contribution in [3.8, 4) is 10.4 Å². The predicted octanol–water partition coefficient (Wildman–Crippen LogP) is -0.488. The molecule has 2 aliphatic rings. The number of nitrogen functional groups attached to an aromatic ring is 1. The molecule has 1 amide bonds. The molecule has 0 aromatic carbocycles. The maximum absolute atomic E-state index is 12.9. The first-order valence-electron chi connectivity index (χ1n) is 11.3. The minimum Gasteiger partial charge on any atom is -0.389 e. The largest absolute Gasteiger partial charge is 0.389 e. The summed E-state index contributed by atoms with van der Waals surface area (Å²) in [6.07, 6.45) is 7.25. The zero-order chi connectivity index (χ0) is 24.9. The van der Waals surface area contributed by atoms with Crippen molar-refractivity contribution in [1.82, 2.24) is 24.5 Å². The first-order chi connectivity index (χ1) is 16.8. The van der Waals surface area contributed by atoms with Gasteiger partial charge < -0.3 is 21.5 Å². The monoisotopic (exact) mass is 496 g/mol. The molecule has 0 spiro atoms. The molecule has 3 aromatic rings. The number of nitrogens with zero attached hydrogens (tertiary/aromatic N) is 6. The quantitative estimate of drug-likeness (QED) is 0.207. The van der Waals surface area contributed by atoms with Gasteiger partial charge in [-0.3, -0.25) is 15.0 Å². The number of aliphatic imine (C=N–C) groups is 1. The summed E-state index contributed by atoms with van der Waals surface area (Å²) in [6.45, 7) is 1.31. The molecule has 3 atom stereocenters. The van der Waals surface area contributed by atoms with Crippen LogP contribution >= 0.6 is 11.3 Å². The summed E-state index contributed by atoms with van der Waals surface area (Å²) in [5.74, 6) is -0.484. The second kappa shape index (κ2) is 8.82. The van der Waals surface area contributed by atoms with Gasteiger partial charge in [0.05, 0.1) is 34.5 Å². The van der Waals surface area contributed by atoms with Crippen LogP contribution in [0.3, 0.4) is 0 Å². The topological polar surface area (TPSA) is 191 Å². The second-order valence-electron chi connectivity index (χ2n) is 8.81. The van der Waals surface area contributed by atoms with E-state index in [1.165, 1.54) is 22.8 Å². The van der Waals surface area contributed by atoms with Crippen molar-refractivity contribution in [2.24, 2.45) is 10.7 Å². The Morgan fingerprint density at radius 3 is 2.63 bits per heavy atom. The Kier molecular flexibility index (Phi) is 5.81. The molecule has 5 rings (SSSR count). The van der Waals surface area contributed by atoms with Crippen molar-refractivity contribution in [2.45, 2.75) is 57.2 Å². The summed E-state index contributed by atoms with van der Waals surface area (Å²) in [5, 5.41) is 19.7. The molecular weight excluding hydrogens is 470 g/mol. The van der Waals surface area contributed by atoms with Crippen molar-refractivity contribution >= 4 is 46.7 Å². The molecule has 13 heteroatoms. The number of fused-ring (bicyclic) bond motifs is 3. The highest BCUT2D eigenvalue weighted by Gasteiger charge is 2.46. The minimum atomic E-state index is -0.324. The number of hydrogen-bond acceptors (Lipinski definition) is 8. The van der Waals surface area contributed by atoms with Crippen LogP contribution in [-0.4, -0.2) is 65.5 Å². The molecule has 12 nitrogen and oxygen atoms in total. The Balaban J connectivity index is 1.56. The number of amides is 1. The van der Waals surface area contributed by atoms with Gasteiger partial charge in [-0.25, -0.2) is 9.97 Å². The zero-order valence-electron chi connectivity index (χ0n) is 19.1. The first kappa shape index (κ1) is 23.1. The van der Waals surface area contributed by atoms with Crippen LogP contribution in [-0.2, 0) is 11.4 Å². The van der Waals surface area contributed by atoms with Crippen LogP contribution in [0.5, 0.6) is 0 Å². The Morgan fingerprint density at radius 2 is 2.03 bits per heavy atom. The van der Waals surface area contributed by atoms with E-state index in [0.717, 1.165) is 29.6 Å². The summed E-state index contributed by atoms with van der Waals surface area (Å²) >= 11 is 1.34. The van der Waals surface area contributed by atoms with Gasteiger partial charge in [-0.2, -0.15) is 9.61 Å². The number of aliphatic hydroxyl groups is 1. The molecule has 0 aliphatic carbocycles. The molecule has 0 saturated carbocycles. The number of rotatable bonds is 5. The van der Waals surface area contributed by atoms with Crippen LogP contribution in [0.1, 0.15) is 59.6 Å². The lowest BCUT2D eigenvalue weighted by Gasteiger charge is -2.38. The highest BCUT2D eigenvalue weighted by atomic mass is 32.1. The lowest BCUT2D eigenvalue weighted by molar-refractivity contribution is -0.128. The van der Waals surface area contributed by atoms with E-state index in [1.807, 2.05) is 0 Å². The number of anilines is 1. The van der Waals surface area contributed by atoms with E-state index < -0.39 is 0 Å². The third-order valence-corrected chi connectivity index (χ3v) is 7.82. The standard InChI is InChI=1S/C22H25N9O3S/c1-10(33)17-18(11-4-12-2-3-13(5-11)30(12)22(34)19(24)27-9-23)29-21-14(6-28-31(21)20(17)25)15-7-26-16(8-32)35-15/h6-7,9,11-13,32H,2-5,8,25H2,1H3,(H3,23,24,27)/p+1/t11?,12-,13+. The van der Waals surface area contributed by atoms with Gasteiger partial charge in [0, 0.05) is 24.2 Å². The maximum Gasteiger partial charge on any atom is 0.316 e. The molecule has 5 heterocycles. The van der Waals surface area contributed by atoms with E-state index in [2.05, 4.69) is 15.1 Å². The van der Waals surface area contributed by atoms with E-state index in [4.69, 9.17) is 21.9 Å². The Labute approximate surface area is 204 Å². The lowest BCUT2D eigenvalue weighted by Crippen LogP contribution is -2.51. The third kappa shape index (κ3) is 3.76. The number of ketones is 1. The second-order valence-corrected chi connectivity index (χ2v) is 9.93. The molecule has 35 heavy (non-hydrogen) atoms. The summed E-state index contributed by atoms with van der Waals surface area (Å²) < 4.78 is 1.47. The SMILES string of the molecule is CC(=O)c1c(C2C[C@H]3CC[C@@H](C2)N3C(=O)C(N)=NC=[NH2+])nc2c(-c3cnc(CO)s3)cnn2c1N. The van der Waals surface area contributed by atoms with Crippen LogP contribution in [0.15, 0.2) is 17.4 Å². The fourth-order valence-electron chi connectivity index (χ4n) is 5.37. The van der Waals surface area contributed by atoms with Gasteiger partial charge in [-0.15, -0.1) is 11.3 Å². The van der Waals surface area contributed by atoms with E-state index >= 15 is 0 Å². The number of amidine groups is 1. The number of hydrogen-bond donors (Lipinski definition) is 4. The highest BCUT2D eigenvalue weighted by Crippen LogP contribution is 2.44. The number of aromatic nitrogens is 4. The molecular formula is C22H26N9O3S+. The Bertz CT molecular complexity index is 1360. The maximum atomic E-state index is 12.9. The molecule has 1 unspecified atom stereocenters. The van der Waals surface area contributed by atoms with Crippen LogP contribution in [0.4, 0.5) is 5.82 Å². The summed E-state index contributed by atoms with van der Waals surface area (Å²) in [4.78, 5) is 41.0. The van der Waals surface area contributed by atoms with Gasteiger partial charge in [0.25, 0.3) is 6.34 Å². The molecule has 2 fully saturated rings. The molecule has 3 aromatic heterocycles. The Morgan fingerprint density at radius 1 is 1.31 bits per heavy atom. The van der Waals surface area contributed by atoms with E-state index in [1.54, 1.807) is 17.3 Å². The van der Waals surface area contributed by atoms with Crippen LogP contribution in [0, 0.1) is 0 Å². The number of carbonyl (C=O) groups excluding carboxylic acids is 2. The number of nitrogens with two attached hydrogens (primary N) is 3. The first-order valence-corrected chi connectivity index (χ1v) is 12.1. The average molecular weight is 497 g/mol. The predicted molar refractivity (Wildman–Crippen MR) is 130 cm³/mol. The minimum absolute atomic E-state index is 0.0465. The fraction of sp³-hybridized carbons (Fsp3) is 0.409. The van der Waals surface area contributed by atoms with Crippen molar-refractivity contribution in [2.75, 3.05) is 5.73 Å². The van der Waals surface area contributed by atoms with E-state index in [0.29, 0.717) is 34.8 Å². The highest BCUT2D eigenvalue weighted by molar-refractivity contribution is 7.15. The summed E-state index contributed by atoms with van der Waals surface area (Å²) in [6, 6.07) is -0.0929. The number of carbonyl (C=O) groups is 2. The molecule has 7 N–H and O–H groups in total. The third-order valence-electron chi connectivity index (χ3n) is 6.80. The van der Waals surface area contributed by atoms with Crippen molar-refractivity contribution < 1.29 is 20.1 Å². The summed E-state index contributed by atoms with van der Waals surface area (Å²) in [7, 11) is 0. The number of thiazole rings is 1. The van der Waals surface area contributed by atoms with Crippen LogP contribution in [0.2, 0.25) is 0 Å². The Hall–Kier alpha value is -3.71. The van der Waals surface area contributed by atoms with Gasteiger partial charge in [0.15, 0.2) is 11.4 Å². The zero-order valence-corrected chi connectivity index (χ0v) is 19.9. The van der Waals surface area contributed by atoms with E-state index in [9.17, 15) is 14.7 Å². The van der Waals surface area contributed by atoms with Crippen molar-refractivity contribution in [3.63, 3.8) is 0 Å². The number of piperidine rings is 1. The van der Waals surface area contributed by atoms with Gasteiger partial charge in [-0.05, 0) is 37.6 Å². The molecule has 2 bridgehead atoms. The smallest absolute Gasteiger partial charge is 0.316 e. The molecule has 2 aliphatic heterocycles. The van der Waals surface area contributed by atoms with Gasteiger partial charge in [-0.1, -0.05) is 0 Å². The van der Waals surface area contributed by atoms with Crippen LogP contribution < -0.4 is 16.9 Å². The van der Waals surface area contributed by atoms with E-state index in [-0.39, 0.29) is 48.0 Å². The molecule has 2 saturated heterocycles. The lowest BCUT2D eigenvalue weighted by atomic mass is 9.85.